The zero-order valence-electron chi connectivity index (χ0n) is 14.5. The van der Waals surface area contributed by atoms with Gasteiger partial charge in [-0.2, -0.15) is 0 Å². The van der Waals surface area contributed by atoms with E-state index < -0.39 is 0 Å². The van der Waals surface area contributed by atoms with Gasteiger partial charge in [-0.05, 0) is 50.3 Å². The van der Waals surface area contributed by atoms with Gasteiger partial charge in [-0.25, -0.2) is 4.98 Å². The number of benzene rings is 1. The van der Waals surface area contributed by atoms with Crippen molar-refractivity contribution < 1.29 is 9.59 Å². The Hall–Kier alpha value is -2.34. The van der Waals surface area contributed by atoms with Crippen molar-refractivity contribution in [2.45, 2.75) is 13.8 Å². The summed E-state index contributed by atoms with van der Waals surface area (Å²) < 4.78 is 0. The normalized spacial score (nSPS) is 11.9. The number of halogens is 3. The number of hydrogen-bond acceptors (Lipinski definition) is 3. The van der Waals surface area contributed by atoms with Gasteiger partial charge in [0.25, 0.3) is 11.8 Å². The molecule has 8 heteroatoms. The molecule has 2 amide bonds. The molecule has 5 nitrogen and oxygen atoms in total. The lowest BCUT2D eigenvalue weighted by atomic mass is 10.2. The van der Waals surface area contributed by atoms with Gasteiger partial charge < -0.3 is 10.6 Å². The Morgan fingerprint density at radius 3 is 2.48 bits per heavy atom. The second kappa shape index (κ2) is 9.55. The molecule has 2 aromatic rings. The lowest BCUT2D eigenvalue weighted by Crippen LogP contribution is -2.15. The molecule has 140 valence electrons. The number of pyridine rings is 1. The zero-order chi connectivity index (χ0) is 20.0. The van der Waals surface area contributed by atoms with Crippen LogP contribution in [0.15, 0.2) is 59.3 Å². The first-order valence-electron chi connectivity index (χ1n) is 7.84. The summed E-state index contributed by atoms with van der Waals surface area (Å²) in [6.45, 7) is 3.40. The highest BCUT2D eigenvalue weighted by molar-refractivity contribution is 6.34. The number of amides is 2. The third-order valence-electron chi connectivity index (χ3n) is 3.45. The fourth-order valence-electron chi connectivity index (χ4n) is 1.99. The van der Waals surface area contributed by atoms with Crippen LogP contribution in [0.5, 0.6) is 0 Å². The van der Waals surface area contributed by atoms with Gasteiger partial charge in [-0.15, -0.1) is 0 Å². The average molecular weight is 425 g/mol. The van der Waals surface area contributed by atoms with E-state index >= 15 is 0 Å². The van der Waals surface area contributed by atoms with Crippen molar-refractivity contribution in [2.24, 2.45) is 0 Å². The van der Waals surface area contributed by atoms with Gasteiger partial charge in [0, 0.05) is 22.5 Å². The third kappa shape index (κ3) is 6.10. The lowest BCUT2D eigenvalue weighted by Gasteiger charge is -2.11. The van der Waals surface area contributed by atoms with E-state index in [9.17, 15) is 9.59 Å². The Morgan fingerprint density at radius 1 is 1.11 bits per heavy atom. The molecule has 1 aromatic heterocycles. The van der Waals surface area contributed by atoms with E-state index in [1.807, 2.05) is 0 Å². The van der Waals surface area contributed by atoms with Crippen LogP contribution in [0.25, 0.3) is 0 Å². The number of nitrogens with one attached hydrogen (secondary N) is 2. The van der Waals surface area contributed by atoms with Gasteiger partial charge in [-0.1, -0.05) is 40.9 Å². The standard InChI is InChI=1S/C19H16Cl3N3O2/c1-3-13(20)8-11(2)18(26)25-16-9-14(5-6-15(16)21)24-19(27)12-4-7-17(22)23-10-12/h3-10H,1-2H3,(H,24,27)(H,25,26)/b11-8+,13-3+. The van der Waals surface area contributed by atoms with Crippen LogP contribution in [0.3, 0.4) is 0 Å². The highest BCUT2D eigenvalue weighted by Crippen LogP contribution is 2.26. The summed E-state index contributed by atoms with van der Waals surface area (Å²) in [6, 6.07) is 7.84. The van der Waals surface area contributed by atoms with Crippen molar-refractivity contribution in [3.63, 3.8) is 0 Å². The molecule has 2 N–H and O–H groups in total. The second-order valence-electron chi connectivity index (χ2n) is 5.47. The minimum atomic E-state index is -0.366. The van der Waals surface area contributed by atoms with Crippen LogP contribution in [-0.4, -0.2) is 16.8 Å². The molecule has 0 fully saturated rings. The third-order valence-corrected chi connectivity index (χ3v) is 4.33. The zero-order valence-corrected chi connectivity index (χ0v) is 16.8. The van der Waals surface area contributed by atoms with Gasteiger partial charge in [0.1, 0.15) is 5.15 Å². The number of anilines is 2. The SMILES string of the molecule is C/C=C(Cl)\C=C(/C)C(=O)Nc1cc(NC(=O)c2ccc(Cl)nc2)ccc1Cl. The molecule has 0 saturated carbocycles. The van der Waals surface area contributed by atoms with Crippen LogP contribution in [0.2, 0.25) is 10.2 Å². The largest absolute Gasteiger partial charge is 0.322 e. The van der Waals surface area contributed by atoms with E-state index in [1.54, 1.807) is 50.3 Å². The molecule has 0 bridgehead atoms. The van der Waals surface area contributed by atoms with Crippen molar-refractivity contribution in [3.8, 4) is 0 Å². The molecular weight excluding hydrogens is 409 g/mol. The molecular formula is C19H16Cl3N3O2. The van der Waals surface area contributed by atoms with Crippen LogP contribution < -0.4 is 10.6 Å². The van der Waals surface area contributed by atoms with Crippen molar-refractivity contribution in [1.82, 2.24) is 4.98 Å². The predicted molar refractivity (Wildman–Crippen MR) is 111 cm³/mol. The van der Waals surface area contributed by atoms with Crippen molar-refractivity contribution in [2.75, 3.05) is 10.6 Å². The molecule has 0 aliphatic heterocycles. The number of carbonyl (C=O) groups is 2. The maximum Gasteiger partial charge on any atom is 0.257 e. The summed E-state index contributed by atoms with van der Waals surface area (Å²) in [5, 5.41) is 6.49. The molecule has 0 aliphatic carbocycles. The Balaban J connectivity index is 2.16. The molecule has 1 heterocycles. The fourth-order valence-corrected chi connectivity index (χ4v) is 2.43. The number of hydrogen-bond donors (Lipinski definition) is 2. The van der Waals surface area contributed by atoms with Crippen molar-refractivity contribution >= 4 is 58.0 Å². The van der Waals surface area contributed by atoms with Crippen LogP contribution in [0.1, 0.15) is 24.2 Å². The van der Waals surface area contributed by atoms with Crippen LogP contribution in [0.4, 0.5) is 11.4 Å². The number of allylic oxidation sites excluding steroid dienone is 3. The van der Waals surface area contributed by atoms with Crippen LogP contribution in [-0.2, 0) is 4.79 Å². The highest BCUT2D eigenvalue weighted by Gasteiger charge is 2.11. The minimum Gasteiger partial charge on any atom is -0.322 e. The van der Waals surface area contributed by atoms with E-state index in [2.05, 4.69) is 15.6 Å². The molecule has 0 aliphatic rings. The topological polar surface area (TPSA) is 71.1 Å². The van der Waals surface area contributed by atoms with Crippen molar-refractivity contribution in [3.05, 3.63) is 75.0 Å². The summed E-state index contributed by atoms with van der Waals surface area (Å²) in [7, 11) is 0. The van der Waals surface area contributed by atoms with Gasteiger partial charge in [-0.3, -0.25) is 9.59 Å². The smallest absolute Gasteiger partial charge is 0.257 e. The molecule has 0 radical (unpaired) electrons. The van der Waals surface area contributed by atoms with Crippen LogP contribution in [0, 0.1) is 0 Å². The molecule has 27 heavy (non-hydrogen) atoms. The molecule has 0 spiro atoms. The maximum absolute atomic E-state index is 12.3. The second-order valence-corrected chi connectivity index (χ2v) is 6.70. The summed E-state index contributed by atoms with van der Waals surface area (Å²) in [4.78, 5) is 28.4. The molecule has 0 saturated heterocycles. The van der Waals surface area contributed by atoms with Gasteiger partial charge >= 0.3 is 0 Å². The van der Waals surface area contributed by atoms with Crippen molar-refractivity contribution in [1.29, 1.82) is 0 Å². The number of rotatable bonds is 5. The maximum atomic E-state index is 12.3. The van der Waals surface area contributed by atoms with Gasteiger partial charge in [0.15, 0.2) is 0 Å². The summed E-state index contributed by atoms with van der Waals surface area (Å²) in [5.74, 6) is -0.725. The minimum absolute atomic E-state index is 0.296. The molecule has 1 aromatic carbocycles. The van der Waals surface area contributed by atoms with Gasteiger partial charge in [0.05, 0.1) is 16.3 Å². The molecule has 0 unspecified atom stereocenters. The summed E-state index contributed by atoms with van der Waals surface area (Å²) in [5.41, 5.74) is 1.58. The predicted octanol–water partition coefficient (Wildman–Crippen LogP) is 5.67. The van der Waals surface area contributed by atoms with E-state index in [-0.39, 0.29) is 11.8 Å². The first-order valence-corrected chi connectivity index (χ1v) is 8.97. The number of nitrogens with zero attached hydrogens (tertiary/aromatic N) is 1. The molecule has 0 atom stereocenters. The average Bonchev–Trinajstić information content (AvgIpc) is 2.64. The van der Waals surface area contributed by atoms with E-state index in [0.29, 0.717) is 37.7 Å². The van der Waals surface area contributed by atoms with Gasteiger partial charge in [0.2, 0.25) is 0 Å². The Bertz CT molecular complexity index is 922. The van der Waals surface area contributed by atoms with E-state index in [4.69, 9.17) is 34.8 Å². The lowest BCUT2D eigenvalue weighted by molar-refractivity contribution is -0.112. The van der Waals surface area contributed by atoms with E-state index in [1.165, 1.54) is 12.3 Å². The first kappa shape index (κ1) is 21.0. The molecule has 2 rings (SSSR count). The summed E-state index contributed by atoms with van der Waals surface area (Å²) in [6.07, 6.45) is 4.59. The monoisotopic (exact) mass is 423 g/mol. The Labute approximate surface area is 172 Å². The number of carbonyl (C=O) groups excluding carboxylic acids is 2. The summed E-state index contributed by atoms with van der Waals surface area (Å²) >= 11 is 17.8. The van der Waals surface area contributed by atoms with Crippen LogP contribution >= 0.6 is 34.8 Å². The quantitative estimate of drug-likeness (QED) is 0.369. The fraction of sp³-hybridized carbons (Fsp3) is 0.105. The Morgan fingerprint density at radius 2 is 1.85 bits per heavy atom. The Kier molecular flexibility index (Phi) is 7.42. The number of aromatic nitrogens is 1. The highest BCUT2D eigenvalue weighted by atomic mass is 35.5. The first-order chi connectivity index (χ1) is 12.8. The van der Waals surface area contributed by atoms with E-state index in [0.717, 1.165) is 0 Å².